The number of amides is 3. The first-order valence-electron chi connectivity index (χ1n) is 10.4. The molecule has 5 nitrogen and oxygen atoms in total. The Bertz CT molecular complexity index is 1150. The summed E-state index contributed by atoms with van der Waals surface area (Å²) >= 11 is 12.2. The lowest BCUT2D eigenvalue weighted by Crippen LogP contribution is -2.49. The van der Waals surface area contributed by atoms with Gasteiger partial charge in [0.15, 0.2) is 0 Å². The lowest BCUT2D eigenvalue weighted by Gasteiger charge is -2.36. The summed E-state index contributed by atoms with van der Waals surface area (Å²) in [5.74, 6) is -0.213. The number of anilines is 2. The standard InChI is InChI=1S/C25H23Cl2N3O2/c1-17-8-11-23(22(14-17)28-24(31)19-6-3-2-4-7-19)30-13-5-12-29(25(30)32)16-18-9-10-20(26)21(27)15-18/h2-4,6-11,14-15H,5,12-13,16H2,1H3,(H,28,31). The number of hydrogen-bond acceptors (Lipinski definition) is 2. The predicted octanol–water partition coefficient (Wildman–Crippen LogP) is 6.39. The molecule has 7 heteroatoms. The molecule has 0 radical (unpaired) electrons. The number of hydrogen-bond donors (Lipinski definition) is 1. The molecule has 1 N–H and O–H groups in total. The van der Waals surface area contributed by atoms with Crippen molar-refractivity contribution in [1.82, 2.24) is 4.90 Å². The van der Waals surface area contributed by atoms with E-state index in [9.17, 15) is 9.59 Å². The van der Waals surface area contributed by atoms with Crippen LogP contribution < -0.4 is 10.2 Å². The Labute approximate surface area is 197 Å². The maximum Gasteiger partial charge on any atom is 0.324 e. The van der Waals surface area contributed by atoms with E-state index < -0.39 is 0 Å². The van der Waals surface area contributed by atoms with E-state index in [1.165, 1.54) is 0 Å². The van der Waals surface area contributed by atoms with Gasteiger partial charge in [-0.05, 0) is 60.9 Å². The molecule has 1 aliphatic rings. The highest BCUT2D eigenvalue weighted by atomic mass is 35.5. The molecule has 1 fully saturated rings. The summed E-state index contributed by atoms with van der Waals surface area (Å²) in [6.07, 6.45) is 0.813. The highest BCUT2D eigenvalue weighted by Gasteiger charge is 2.29. The SMILES string of the molecule is Cc1ccc(N2CCCN(Cc3ccc(Cl)c(Cl)c3)C2=O)c(NC(=O)c2ccccc2)c1. The highest BCUT2D eigenvalue weighted by molar-refractivity contribution is 6.42. The first-order valence-corrected chi connectivity index (χ1v) is 11.2. The Morgan fingerprint density at radius 1 is 0.969 bits per heavy atom. The van der Waals surface area contributed by atoms with Crippen molar-refractivity contribution in [2.24, 2.45) is 0 Å². The molecule has 0 aliphatic carbocycles. The van der Waals surface area contributed by atoms with Crippen molar-refractivity contribution in [3.63, 3.8) is 0 Å². The van der Waals surface area contributed by atoms with Gasteiger partial charge in [0.2, 0.25) is 0 Å². The number of rotatable bonds is 5. The van der Waals surface area contributed by atoms with Crippen molar-refractivity contribution >= 4 is 46.5 Å². The van der Waals surface area contributed by atoms with Crippen molar-refractivity contribution < 1.29 is 9.59 Å². The van der Waals surface area contributed by atoms with Crippen LogP contribution in [0.2, 0.25) is 10.0 Å². The Morgan fingerprint density at radius 2 is 1.75 bits per heavy atom. The Hall–Kier alpha value is -3.02. The van der Waals surface area contributed by atoms with Gasteiger partial charge in [0, 0.05) is 25.2 Å². The smallest absolute Gasteiger partial charge is 0.320 e. The molecule has 1 aliphatic heterocycles. The summed E-state index contributed by atoms with van der Waals surface area (Å²) in [6, 6.07) is 20.0. The molecule has 3 amide bonds. The van der Waals surface area contributed by atoms with Crippen LogP contribution in [-0.2, 0) is 6.54 Å². The zero-order valence-corrected chi connectivity index (χ0v) is 19.2. The number of nitrogens with one attached hydrogen (secondary N) is 1. The van der Waals surface area contributed by atoms with E-state index in [0.717, 1.165) is 17.5 Å². The summed E-state index contributed by atoms with van der Waals surface area (Å²) in [4.78, 5) is 29.6. The van der Waals surface area contributed by atoms with Crippen LogP contribution >= 0.6 is 23.2 Å². The monoisotopic (exact) mass is 467 g/mol. The first-order chi connectivity index (χ1) is 15.4. The van der Waals surface area contributed by atoms with Crippen molar-refractivity contribution in [1.29, 1.82) is 0 Å². The molecule has 0 aromatic heterocycles. The van der Waals surface area contributed by atoms with Gasteiger partial charge in [0.25, 0.3) is 5.91 Å². The van der Waals surface area contributed by atoms with Crippen molar-refractivity contribution in [2.45, 2.75) is 19.9 Å². The molecule has 1 saturated heterocycles. The first kappa shape index (κ1) is 22.2. The zero-order valence-electron chi connectivity index (χ0n) is 17.6. The minimum Gasteiger partial charge on any atom is -0.320 e. The van der Waals surface area contributed by atoms with Crippen LogP contribution in [0.1, 0.15) is 27.9 Å². The predicted molar refractivity (Wildman–Crippen MR) is 130 cm³/mol. The summed E-state index contributed by atoms with van der Waals surface area (Å²) in [5.41, 5.74) is 3.77. The van der Waals surface area contributed by atoms with E-state index in [4.69, 9.17) is 23.2 Å². The van der Waals surface area contributed by atoms with Crippen molar-refractivity contribution in [3.05, 3.63) is 93.5 Å². The number of nitrogens with zero attached hydrogens (tertiary/aromatic N) is 2. The van der Waals surface area contributed by atoms with Gasteiger partial charge in [-0.15, -0.1) is 0 Å². The molecule has 3 aromatic carbocycles. The maximum atomic E-state index is 13.4. The molecule has 0 spiro atoms. The number of halogens is 2. The highest BCUT2D eigenvalue weighted by Crippen LogP contribution is 2.31. The number of carbonyl (C=O) groups is 2. The van der Waals surface area contributed by atoms with Crippen LogP contribution in [0.5, 0.6) is 0 Å². The van der Waals surface area contributed by atoms with Crippen LogP contribution in [0.15, 0.2) is 66.7 Å². The van der Waals surface area contributed by atoms with Crippen LogP contribution in [0.25, 0.3) is 0 Å². The summed E-state index contributed by atoms with van der Waals surface area (Å²) in [5, 5.41) is 3.93. The fraction of sp³-hybridized carbons (Fsp3) is 0.200. The van der Waals surface area contributed by atoms with Gasteiger partial charge < -0.3 is 10.2 Å². The lowest BCUT2D eigenvalue weighted by atomic mass is 10.1. The van der Waals surface area contributed by atoms with Crippen LogP contribution in [0.3, 0.4) is 0 Å². The van der Waals surface area contributed by atoms with Crippen molar-refractivity contribution in [2.75, 3.05) is 23.3 Å². The van der Waals surface area contributed by atoms with Gasteiger partial charge in [-0.1, -0.05) is 53.5 Å². The summed E-state index contributed by atoms with van der Waals surface area (Å²) < 4.78 is 0. The van der Waals surface area contributed by atoms with E-state index in [2.05, 4.69) is 5.32 Å². The molecule has 0 unspecified atom stereocenters. The third-order valence-electron chi connectivity index (χ3n) is 5.40. The minimum atomic E-state index is -0.213. The molecule has 4 rings (SSSR count). The van der Waals surface area contributed by atoms with E-state index >= 15 is 0 Å². The molecule has 0 bridgehead atoms. The molecular formula is C25H23Cl2N3O2. The van der Waals surface area contributed by atoms with Gasteiger partial charge in [-0.2, -0.15) is 0 Å². The fourth-order valence-corrected chi connectivity index (χ4v) is 4.10. The van der Waals surface area contributed by atoms with Crippen molar-refractivity contribution in [3.8, 4) is 0 Å². The van der Waals surface area contributed by atoms with Crippen LogP contribution in [0.4, 0.5) is 16.2 Å². The third-order valence-corrected chi connectivity index (χ3v) is 6.13. The summed E-state index contributed by atoms with van der Waals surface area (Å²) in [6.45, 7) is 3.61. The molecule has 3 aromatic rings. The zero-order chi connectivity index (χ0) is 22.7. The van der Waals surface area contributed by atoms with Gasteiger partial charge >= 0.3 is 6.03 Å². The molecule has 164 valence electrons. The van der Waals surface area contributed by atoms with E-state index in [1.54, 1.807) is 34.1 Å². The molecule has 1 heterocycles. The Kier molecular flexibility index (Phi) is 6.68. The number of carbonyl (C=O) groups excluding carboxylic acids is 2. The molecule has 0 saturated carbocycles. The topological polar surface area (TPSA) is 52.6 Å². The van der Waals surface area contributed by atoms with Crippen LogP contribution in [0, 0.1) is 6.92 Å². The molecular weight excluding hydrogens is 445 g/mol. The van der Waals surface area contributed by atoms with E-state index in [0.29, 0.717) is 46.6 Å². The average Bonchev–Trinajstić information content (AvgIpc) is 2.79. The van der Waals surface area contributed by atoms with E-state index in [-0.39, 0.29) is 11.9 Å². The minimum absolute atomic E-state index is 0.110. The lowest BCUT2D eigenvalue weighted by molar-refractivity contribution is 0.102. The van der Waals surface area contributed by atoms with Gasteiger partial charge in [-0.25, -0.2) is 4.79 Å². The average molecular weight is 468 g/mol. The second-order valence-electron chi connectivity index (χ2n) is 7.80. The largest absolute Gasteiger partial charge is 0.324 e. The number of benzene rings is 3. The van der Waals surface area contributed by atoms with Crippen LogP contribution in [-0.4, -0.2) is 29.9 Å². The normalized spacial score (nSPS) is 13.9. The van der Waals surface area contributed by atoms with E-state index in [1.807, 2.05) is 49.4 Å². The summed E-state index contributed by atoms with van der Waals surface area (Å²) in [7, 11) is 0. The third kappa shape index (κ3) is 4.90. The second kappa shape index (κ2) is 9.63. The fourth-order valence-electron chi connectivity index (χ4n) is 3.78. The van der Waals surface area contributed by atoms with Gasteiger partial charge in [-0.3, -0.25) is 9.69 Å². The second-order valence-corrected chi connectivity index (χ2v) is 8.61. The van der Waals surface area contributed by atoms with Gasteiger partial charge in [0.05, 0.1) is 21.4 Å². The van der Waals surface area contributed by atoms with Gasteiger partial charge in [0.1, 0.15) is 0 Å². The maximum absolute atomic E-state index is 13.4. The Balaban J connectivity index is 1.57. The quantitative estimate of drug-likeness (QED) is 0.472. The Morgan fingerprint density at radius 3 is 2.50 bits per heavy atom. The molecule has 0 atom stereocenters. The number of urea groups is 1. The molecule has 32 heavy (non-hydrogen) atoms. The number of aryl methyl sites for hydroxylation is 1.